The Labute approximate surface area is 167 Å². The summed E-state index contributed by atoms with van der Waals surface area (Å²) in [4.78, 5) is 29.0. The minimum absolute atomic E-state index is 0.0314. The maximum absolute atomic E-state index is 11.2. The van der Waals surface area contributed by atoms with E-state index in [-0.39, 0.29) is 11.6 Å². The molecule has 8 heteroatoms. The van der Waals surface area contributed by atoms with Crippen LogP contribution in [0.4, 0.5) is 5.69 Å². The maximum atomic E-state index is 11.2. The molecule has 0 saturated carbocycles. The second-order valence-corrected chi connectivity index (χ2v) is 7.54. The van der Waals surface area contributed by atoms with Gasteiger partial charge >= 0.3 is 5.97 Å². The van der Waals surface area contributed by atoms with Crippen LogP contribution in [0.3, 0.4) is 0 Å². The molecule has 29 heavy (non-hydrogen) atoms. The van der Waals surface area contributed by atoms with Crippen molar-refractivity contribution in [2.24, 2.45) is 5.92 Å². The van der Waals surface area contributed by atoms with Crippen LogP contribution < -0.4 is 0 Å². The van der Waals surface area contributed by atoms with Gasteiger partial charge in [-0.2, -0.15) is 0 Å². The number of carboxylic acids is 1. The molecular weight excluding hydrogens is 372 g/mol. The highest BCUT2D eigenvalue weighted by Gasteiger charge is 2.26. The first-order valence-electron chi connectivity index (χ1n) is 9.60. The van der Waals surface area contributed by atoms with Crippen molar-refractivity contribution >= 4 is 17.3 Å². The standard InChI is InChI=1S/C21H22N4O4/c1-14-5-10-24-18(13-23-8-6-15(7-9-23)21(26)27)20(22-19(24)11-14)16-3-2-4-17(12-16)25(28)29/h2-5,10-12,15H,6-9,13H2,1H3,(H,26,27). The molecule has 1 saturated heterocycles. The summed E-state index contributed by atoms with van der Waals surface area (Å²) >= 11 is 0. The van der Waals surface area contributed by atoms with Crippen molar-refractivity contribution in [2.45, 2.75) is 26.3 Å². The summed E-state index contributed by atoms with van der Waals surface area (Å²) in [6.45, 7) is 4.00. The molecule has 1 aliphatic rings. The van der Waals surface area contributed by atoms with Crippen molar-refractivity contribution in [3.63, 3.8) is 0 Å². The summed E-state index contributed by atoms with van der Waals surface area (Å²) in [5.74, 6) is -1.01. The van der Waals surface area contributed by atoms with E-state index in [1.807, 2.05) is 35.7 Å². The first-order chi connectivity index (χ1) is 13.9. The number of aliphatic carboxylic acids is 1. The predicted octanol–water partition coefficient (Wildman–Crippen LogP) is 3.51. The van der Waals surface area contributed by atoms with Gasteiger partial charge in [0.15, 0.2) is 0 Å². The highest BCUT2D eigenvalue weighted by Crippen LogP contribution is 2.30. The summed E-state index contributed by atoms with van der Waals surface area (Å²) in [5.41, 5.74) is 4.29. The molecule has 0 atom stereocenters. The lowest BCUT2D eigenvalue weighted by molar-refractivity contribution is -0.384. The number of aromatic nitrogens is 2. The van der Waals surface area contributed by atoms with Gasteiger partial charge in [-0.05, 0) is 50.6 Å². The average molecular weight is 394 g/mol. The van der Waals surface area contributed by atoms with Gasteiger partial charge < -0.3 is 9.51 Å². The molecule has 3 heterocycles. The lowest BCUT2D eigenvalue weighted by atomic mass is 9.97. The Bertz CT molecular complexity index is 1080. The molecule has 1 aliphatic heterocycles. The number of carboxylic acid groups (broad SMARTS) is 1. The number of aryl methyl sites for hydroxylation is 1. The maximum Gasteiger partial charge on any atom is 0.306 e. The number of non-ortho nitro benzene ring substituents is 1. The minimum atomic E-state index is -0.729. The smallest absolute Gasteiger partial charge is 0.306 e. The number of nitro benzene ring substituents is 1. The Kier molecular flexibility index (Phi) is 5.02. The zero-order chi connectivity index (χ0) is 20.5. The fraction of sp³-hybridized carbons (Fsp3) is 0.333. The van der Waals surface area contributed by atoms with Gasteiger partial charge in [0.05, 0.1) is 22.2 Å². The number of piperidine rings is 1. The lowest BCUT2D eigenvalue weighted by Gasteiger charge is -2.30. The van der Waals surface area contributed by atoms with Gasteiger partial charge in [-0.1, -0.05) is 12.1 Å². The van der Waals surface area contributed by atoms with E-state index < -0.39 is 10.9 Å². The van der Waals surface area contributed by atoms with Crippen LogP contribution in [-0.2, 0) is 11.3 Å². The zero-order valence-electron chi connectivity index (χ0n) is 16.1. The van der Waals surface area contributed by atoms with Crippen molar-refractivity contribution in [2.75, 3.05) is 13.1 Å². The lowest BCUT2D eigenvalue weighted by Crippen LogP contribution is -2.36. The Morgan fingerprint density at radius 3 is 2.72 bits per heavy atom. The number of nitrogens with zero attached hydrogens (tertiary/aromatic N) is 4. The van der Waals surface area contributed by atoms with E-state index in [2.05, 4.69) is 4.90 Å². The van der Waals surface area contributed by atoms with E-state index in [0.29, 0.717) is 38.0 Å². The summed E-state index contributed by atoms with van der Waals surface area (Å²) < 4.78 is 2.02. The van der Waals surface area contributed by atoms with Gasteiger partial charge in [0.1, 0.15) is 5.65 Å². The molecule has 8 nitrogen and oxygen atoms in total. The number of pyridine rings is 1. The molecule has 1 aromatic carbocycles. The van der Waals surface area contributed by atoms with Gasteiger partial charge in [-0.3, -0.25) is 19.8 Å². The van der Waals surface area contributed by atoms with Crippen molar-refractivity contribution in [3.05, 3.63) is 64.0 Å². The van der Waals surface area contributed by atoms with E-state index in [1.54, 1.807) is 12.1 Å². The van der Waals surface area contributed by atoms with Gasteiger partial charge in [-0.25, -0.2) is 4.98 Å². The first-order valence-corrected chi connectivity index (χ1v) is 9.60. The summed E-state index contributed by atoms with van der Waals surface area (Å²) in [5, 5.41) is 20.4. The monoisotopic (exact) mass is 394 g/mol. The van der Waals surface area contributed by atoms with Crippen LogP contribution in [0.15, 0.2) is 42.6 Å². The summed E-state index contributed by atoms with van der Waals surface area (Å²) in [6.07, 6.45) is 3.21. The highest BCUT2D eigenvalue weighted by atomic mass is 16.6. The fourth-order valence-corrected chi connectivity index (χ4v) is 3.90. The van der Waals surface area contributed by atoms with Crippen LogP contribution in [0.1, 0.15) is 24.1 Å². The molecule has 0 unspecified atom stereocenters. The zero-order valence-corrected chi connectivity index (χ0v) is 16.1. The normalized spacial score (nSPS) is 15.6. The molecule has 2 aromatic heterocycles. The van der Waals surface area contributed by atoms with Crippen LogP contribution in [0.25, 0.3) is 16.9 Å². The van der Waals surface area contributed by atoms with E-state index in [1.165, 1.54) is 6.07 Å². The second-order valence-electron chi connectivity index (χ2n) is 7.54. The summed E-state index contributed by atoms with van der Waals surface area (Å²) in [7, 11) is 0. The SMILES string of the molecule is Cc1ccn2c(CN3CCC(C(=O)O)CC3)c(-c3cccc([N+](=O)[O-])c3)nc2c1. The molecule has 0 radical (unpaired) electrons. The van der Waals surface area contributed by atoms with Crippen molar-refractivity contribution in [1.29, 1.82) is 0 Å². The molecule has 0 aliphatic carbocycles. The number of likely N-dealkylation sites (tertiary alicyclic amines) is 1. The number of rotatable bonds is 5. The van der Waals surface area contributed by atoms with Crippen LogP contribution in [0, 0.1) is 23.0 Å². The number of carbonyl (C=O) groups is 1. The van der Waals surface area contributed by atoms with E-state index in [4.69, 9.17) is 4.98 Å². The molecule has 0 amide bonds. The Balaban J connectivity index is 1.72. The number of nitro groups is 1. The molecule has 150 valence electrons. The van der Waals surface area contributed by atoms with Crippen molar-refractivity contribution in [3.8, 4) is 11.3 Å². The van der Waals surface area contributed by atoms with Gasteiger partial charge in [-0.15, -0.1) is 0 Å². The number of imidazole rings is 1. The van der Waals surface area contributed by atoms with Gasteiger partial charge in [0.25, 0.3) is 5.69 Å². The van der Waals surface area contributed by atoms with Crippen molar-refractivity contribution in [1.82, 2.24) is 14.3 Å². The second kappa shape index (κ2) is 7.63. The highest BCUT2D eigenvalue weighted by molar-refractivity contribution is 5.70. The number of hydrogen-bond donors (Lipinski definition) is 1. The van der Waals surface area contributed by atoms with Gasteiger partial charge in [0, 0.05) is 30.4 Å². The number of hydrogen-bond acceptors (Lipinski definition) is 5. The predicted molar refractivity (Wildman–Crippen MR) is 108 cm³/mol. The van der Waals surface area contributed by atoms with Crippen LogP contribution >= 0.6 is 0 Å². The number of benzene rings is 1. The molecule has 4 rings (SSSR count). The van der Waals surface area contributed by atoms with Crippen LogP contribution in [0.5, 0.6) is 0 Å². The Hall–Kier alpha value is -3.26. The van der Waals surface area contributed by atoms with Gasteiger partial charge in [0.2, 0.25) is 0 Å². The third-order valence-electron chi connectivity index (χ3n) is 5.52. The first kappa shape index (κ1) is 19.1. The molecule has 1 N–H and O–H groups in total. The minimum Gasteiger partial charge on any atom is -0.481 e. The molecular formula is C21H22N4O4. The quantitative estimate of drug-likeness (QED) is 0.525. The molecule has 1 fully saturated rings. The average Bonchev–Trinajstić information content (AvgIpc) is 3.06. The third-order valence-corrected chi connectivity index (χ3v) is 5.52. The summed E-state index contributed by atoms with van der Waals surface area (Å²) in [6, 6.07) is 10.5. The van der Waals surface area contributed by atoms with E-state index >= 15 is 0 Å². The Morgan fingerprint density at radius 2 is 2.03 bits per heavy atom. The van der Waals surface area contributed by atoms with Crippen LogP contribution in [0.2, 0.25) is 0 Å². The molecule has 0 spiro atoms. The van der Waals surface area contributed by atoms with Crippen LogP contribution in [-0.4, -0.2) is 43.4 Å². The third kappa shape index (κ3) is 3.84. The molecule has 0 bridgehead atoms. The Morgan fingerprint density at radius 1 is 1.28 bits per heavy atom. The van der Waals surface area contributed by atoms with E-state index in [9.17, 15) is 20.0 Å². The van der Waals surface area contributed by atoms with Crippen molar-refractivity contribution < 1.29 is 14.8 Å². The molecule has 3 aromatic rings. The fourth-order valence-electron chi connectivity index (χ4n) is 3.90. The topological polar surface area (TPSA) is 101 Å². The van der Waals surface area contributed by atoms with E-state index in [0.717, 1.165) is 22.6 Å². The number of fused-ring (bicyclic) bond motifs is 1. The largest absolute Gasteiger partial charge is 0.481 e.